The fourth-order valence-electron chi connectivity index (χ4n) is 4.16. The van der Waals surface area contributed by atoms with Gasteiger partial charge in [-0.2, -0.15) is 0 Å². The lowest BCUT2D eigenvalue weighted by atomic mass is 9.71. The monoisotopic (exact) mass is 324 g/mol. The first-order valence-electron chi connectivity index (χ1n) is 8.76. The van der Waals surface area contributed by atoms with Gasteiger partial charge in [-0.1, -0.05) is 0 Å². The maximum Gasteiger partial charge on any atom is 0.225 e. The largest absolute Gasteiger partial charge is 0.393 e. The summed E-state index contributed by atoms with van der Waals surface area (Å²) in [6, 6.07) is 0. The molecule has 0 atom stereocenters. The number of nitrogens with zero attached hydrogens (tertiary/aromatic N) is 2. The van der Waals surface area contributed by atoms with E-state index in [4.69, 9.17) is 4.74 Å². The molecule has 0 radical (unpaired) electrons. The maximum absolute atomic E-state index is 12.4. The second-order valence-electron chi connectivity index (χ2n) is 7.46. The number of piperidine rings is 2. The summed E-state index contributed by atoms with van der Waals surface area (Å²) in [5.41, 5.74) is 0.178. The van der Waals surface area contributed by atoms with Crippen LogP contribution in [0.3, 0.4) is 0 Å². The molecule has 1 saturated carbocycles. The van der Waals surface area contributed by atoms with Crippen LogP contribution in [-0.2, 0) is 14.3 Å². The average Bonchev–Trinajstić information content (AvgIpc) is 2.53. The summed E-state index contributed by atoms with van der Waals surface area (Å²) in [6.45, 7) is 3.63. The molecule has 0 aromatic heterocycles. The molecular formula is C17H28N2O4. The minimum absolute atomic E-state index is 0.0326. The Kier molecular flexibility index (Phi) is 4.92. The smallest absolute Gasteiger partial charge is 0.225 e. The molecule has 0 aromatic carbocycles. The minimum Gasteiger partial charge on any atom is -0.393 e. The Hall–Kier alpha value is -1.14. The number of aliphatic hydroxyl groups excluding tert-OH is 1. The Bertz CT molecular complexity index is 454. The summed E-state index contributed by atoms with van der Waals surface area (Å²) in [5.74, 6) is 0.480. The first-order chi connectivity index (χ1) is 11.0. The van der Waals surface area contributed by atoms with Gasteiger partial charge in [0.25, 0.3) is 0 Å². The van der Waals surface area contributed by atoms with Crippen molar-refractivity contribution < 1.29 is 19.4 Å². The van der Waals surface area contributed by atoms with Crippen LogP contribution >= 0.6 is 0 Å². The number of carbonyl (C=O) groups excluding carboxylic acids is 2. The predicted octanol–water partition coefficient (Wildman–Crippen LogP) is 0.635. The molecule has 3 rings (SSSR count). The van der Waals surface area contributed by atoms with Gasteiger partial charge in [-0.3, -0.25) is 9.59 Å². The van der Waals surface area contributed by atoms with Crippen molar-refractivity contribution in [3.8, 4) is 0 Å². The molecule has 2 heterocycles. The van der Waals surface area contributed by atoms with Gasteiger partial charge in [0, 0.05) is 45.6 Å². The third kappa shape index (κ3) is 3.53. The minimum atomic E-state index is -0.279. The molecule has 3 fully saturated rings. The van der Waals surface area contributed by atoms with E-state index in [1.54, 1.807) is 7.11 Å². The van der Waals surface area contributed by atoms with E-state index >= 15 is 0 Å². The van der Waals surface area contributed by atoms with Crippen LogP contribution in [0.4, 0.5) is 0 Å². The Morgan fingerprint density at radius 1 is 1.30 bits per heavy atom. The van der Waals surface area contributed by atoms with Crippen molar-refractivity contribution in [1.82, 2.24) is 9.80 Å². The van der Waals surface area contributed by atoms with Crippen molar-refractivity contribution in [2.45, 2.75) is 44.6 Å². The van der Waals surface area contributed by atoms with Gasteiger partial charge in [0.05, 0.1) is 12.7 Å². The molecular weight excluding hydrogens is 296 g/mol. The van der Waals surface area contributed by atoms with Gasteiger partial charge in [0.15, 0.2) is 0 Å². The number of rotatable bonds is 4. The van der Waals surface area contributed by atoms with Gasteiger partial charge < -0.3 is 19.6 Å². The summed E-state index contributed by atoms with van der Waals surface area (Å²) in [6.07, 6.45) is 4.49. The van der Waals surface area contributed by atoms with Gasteiger partial charge in [-0.05, 0) is 37.5 Å². The molecule has 2 aliphatic heterocycles. The molecule has 3 aliphatic rings. The number of likely N-dealkylation sites (tertiary alicyclic amines) is 2. The van der Waals surface area contributed by atoms with Crippen LogP contribution in [0.5, 0.6) is 0 Å². The van der Waals surface area contributed by atoms with Gasteiger partial charge in [0.1, 0.15) is 0 Å². The molecule has 6 heteroatoms. The summed E-state index contributed by atoms with van der Waals surface area (Å²) in [5, 5.41) is 9.37. The lowest BCUT2D eigenvalue weighted by molar-refractivity contribution is -0.148. The van der Waals surface area contributed by atoms with Crippen molar-refractivity contribution in [2.75, 3.05) is 39.9 Å². The molecule has 6 nitrogen and oxygen atoms in total. The van der Waals surface area contributed by atoms with Crippen LogP contribution in [0.25, 0.3) is 0 Å². The average molecular weight is 324 g/mol. The molecule has 0 unspecified atom stereocenters. The lowest BCUT2D eigenvalue weighted by Gasteiger charge is -2.48. The van der Waals surface area contributed by atoms with Gasteiger partial charge in [-0.25, -0.2) is 0 Å². The number of ether oxygens (including phenoxy) is 1. The first kappa shape index (κ1) is 16.7. The predicted molar refractivity (Wildman–Crippen MR) is 84.7 cm³/mol. The van der Waals surface area contributed by atoms with Crippen molar-refractivity contribution in [1.29, 1.82) is 0 Å². The number of aliphatic hydroxyl groups is 1. The zero-order valence-corrected chi connectivity index (χ0v) is 14.0. The van der Waals surface area contributed by atoms with E-state index in [2.05, 4.69) is 0 Å². The normalized spacial score (nSPS) is 30.4. The van der Waals surface area contributed by atoms with E-state index in [1.807, 2.05) is 9.80 Å². The Morgan fingerprint density at radius 2 is 2.00 bits per heavy atom. The fraction of sp³-hybridized carbons (Fsp3) is 0.882. The van der Waals surface area contributed by atoms with E-state index in [0.29, 0.717) is 32.4 Å². The van der Waals surface area contributed by atoms with Gasteiger partial charge in [0.2, 0.25) is 11.8 Å². The maximum atomic E-state index is 12.4. The Balaban J connectivity index is 1.53. The number of hydrogen-bond acceptors (Lipinski definition) is 4. The highest BCUT2D eigenvalue weighted by atomic mass is 16.5. The molecule has 23 heavy (non-hydrogen) atoms. The van der Waals surface area contributed by atoms with E-state index < -0.39 is 0 Å². The van der Waals surface area contributed by atoms with Crippen molar-refractivity contribution >= 4 is 11.8 Å². The summed E-state index contributed by atoms with van der Waals surface area (Å²) in [7, 11) is 1.66. The van der Waals surface area contributed by atoms with Crippen LogP contribution in [0.15, 0.2) is 0 Å². The topological polar surface area (TPSA) is 70.1 Å². The summed E-state index contributed by atoms with van der Waals surface area (Å²) >= 11 is 0. The first-order valence-corrected chi connectivity index (χ1v) is 8.76. The molecule has 1 spiro atoms. The molecule has 1 aliphatic carbocycles. The van der Waals surface area contributed by atoms with Crippen molar-refractivity contribution in [3.05, 3.63) is 0 Å². The molecule has 2 amide bonds. The van der Waals surface area contributed by atoms with E-state index in [9.17, 15) is 14.7 Å². The highest BCUT2D eigenvalue weighted by Crippen LogP contribution is 2.41. The number of carbonyl (C=O) groups is 2. The molecule has 0 bridgehead atoms. The van der Waals surface area contributed by atoms with E-state index in [1.165, 1.54) is 0 Å². The van der Waals surface area contributed by atoms with Crippen molar-refractivity contribution in [3.63, 3.8) is 0 Å². The van der Waals surface area contributed by atoms with Crippen molar-refractivity contribution in [2.24, 2.45) is 11.3 Å². The van der Waals surface area contributed by atoms with Crippen LogP contribution in [0, 0.1) is 11.3 Å². The third-order valence-electron chi connectivity index (χ3n) is 5.91. The number of hydrogen-bond donors (Lipinski definition) is 1. The molecule has 0 aromatic rings. The van der Waals surface area contributed by atoms with Crippen LogP contribution in [0.2, 0.25) is 0 Å². The summed E-state index contributed by atoms with van der Waals surface area (Å²) in [4.78, 5) is 28.3. The zero-order chi connectivity index (χ0) is 16.4. The number of amides is 2. The standard InChI is InChI=1S/C17H28N2O4/c1-23-9-8-19-12-17(3-2-15(19)21)4-6-18(7-5-17)16(22)13-10-14(20)11-13/h13-14,20H,2-12H2,1H3. The fourth-order valence-corrected chi connectivity index (χ4v) is 4.16. The Morgan fingerprint density at radius 3 is 2.61 bits per heavy atom. The van der Waals surface area contributed by atoms with Gasteiger partial charge >= 0.3 is 0 Å². The van der Waals surface area contributed by atoms with E-state index in [0.717, 1.165) is 38.9 Å². The SMILES string of the molecule is COCCN1CC2(CCC1=O)CCN(C(=O)C1CC(O)C1)CC2. The second-order valence-corrected chi connectivity index (χ2v) is 7.46. The summed E-state index contributed by atoms with van der Waals surface area (Å²) < 4.78 is 5.10. The molecule has 1 N–H and O–H groups in total. The lowest BCUT2D eigenvalue weighted by Crippen LogP contribution is -2.54. The Labute approximate surface area is 137 Å². The van der Waals surface area contributed by atoms with Crippen LogP contribution in [-0.4, -0.2) is 72.7 Å². The van der Waals surface area contributed by atoms with Crippen LogP contribution in [0.1, 0.15) is 38.5 Å². The number of methoxy groups -OCH3 is 1. The van der Waals surface area contributed by atoms with Gasteiger partial charge in [-0.15, -0.1) is 0 Å². The van der Waals surface area contributed by atoms with E-state index in [-0.39, 0.29) is 29.3 Å². The highest BCUT2D eigenvalue weighted by molar-refractivity contribution is 5.80. The second kappa shape index (κ2) is 6.77. The molecule has 2 saturated heterocycles. The molecule has 130 valence electrons. The highest BCUT2D eigenvalue weighted by Gasteiger charge is 2.43. The van der Waals surface area contributed by atoms with Crippen LogP contribution < -0.4 is 0 Å². The third-order valence-corrected chi connectivity index (χ3v) is 5.91. The zero-order valence-electron chi connectivity index (χ0n) is 14.0. The quantitative estimate of drug-likeness (QED) is 0.824.